The van der Waals surface area contributed by atoms with E-state index in [0.29, 0.717) is 25.0 Å². The van der Waals surface area contributed by atoms with Crippen molar-refractivity contribution in [1.82, 2.24) is 0 Å². The number of anilines is 1. The number of halogens is 4. The van der Waals surface area contributed by atoms with E-state index in [1.54, 1.807) is 0 Å². The third kappa shape index (κ3) is 4.64. The molecule has 0 aromatic heterocycles. The van der Waals surface area contributed by atoms with Crippen LogP contribution in [0.2, 0.25) is 5.02 Å². The van der Waals surface area contributed by atoms with Crippen molar-refractivity contribution in [2.24, 2.45) is 11.8 Å². The lowest BCUT2D eigenvalue weighted by Gasteiger charge is -2.41. The smallest absolute Gasteiger partial charge is 0.306 e. The second-order valence-corrected chi connectivity index (χ2v) is 11.6. The van der Waals surface area contributed by atoms with Crippen LogP contribution in [-0.4, -0.2) is 41.4 Å². The average Bonchev–Trinajstić information content (AvgIpc) is 2.93. The van der Waals surface area contributed by atoms with Gasteiger partial charge in [-0.3, -0.25) is 9.59 Å². The summed E-state index contributed by atoms with van der Waals surface area (Å²) in [6, 6.07) is 4.64. The summed E-state index contributed by atoms with van der Waals surface area (Å²) in [7, 11) is -4.09. The van der Waals surface area contributed by atoms with Gasteiger partial charge in [0.2, 0.25) is 0 Å². The van der Waals surface area contributed by atoms with Gasteiger partial charge in [-0.25, -0.2) is 21.6 Å². The fourth-order valence-corrected chi connectivity index (χ4v) is 7.67. The zero-order valence-electron chi connectivity index (χ0n) is 18.1. The predicted octanol–water partition coefficient (Wildman–Crippen LogP) is 4.18. The summed E-state index contributed by atoms with van der Waals surface area (Å²) in [5.41, 5.74) is -2.00. The first-order chi connectivity index (χ1) is 16.3. The van der Waals surface area contributed by atoms with Crippen molar-refractivity contribution in [3.8, 4) is 0 Å². The monoisotopic (exact) mass is 531 g/mol. The molecule has 2 bridgehead atoms. The summed E-state index contributed by atoms with van der Waals surface area (Å²) >= 11 is 6.16. The number of carboxylic acids is 1. The van der Waals surface area contributed by atoms with Crippen LogP contribution in [0.1, 0.15) is 42.5 Å². The van der Waals surface area contributed by atoms with Crippen molar-refractivity contribution in [2.45, 2.75) is 47.9 Å². The number of carbonyl (C=O) groups is 2. The molecule has 7 nitrogen and oxygen atoms in total. The maximum absolute atomic E-state index is 13.5. The molecule has 2 fully saturated rings. The van der Waals surface area contributed by atoms with Gasteiger partial charge in [-0.1, -0.05) is 11.6 Å². The zero-order valence-corrected chi connectivity index (χ0v) is 19.7. The lowest BCUT2D eigenvalue weighted by Crippen LogP contribution is -2.49. The number of sulfone groups is 1. The van der Waals surface area contributed by atoms with Gasteiger partial charge in [-0.2, -0.15) is 0 Å². The Balaban J connectivity index is 1.59. The van der Waals surface area contributed by atoms with E-state index in [1.165, 1.54) is 12.1 Å². The second-order valence-electron chi connectivity index (χ2n) is 9.02. The fourth-order valence-electron chi connectivity index (χ4n) is 5.27. The molecule has 12 heteroatoms. The molecular weight excluding hydrogens is 511 g/mol. The third-order valence-corrected chi connectivity index (χ3v) is 9.64. The van der Waals surface area contributed by atoms with Gasteiger partial charge < -0.3 is 15.5 Å². The van der Waals surface area contributed by atoms with Gasteiger partial charge in [-0.15, -0.1) is 0 Å². The molecule has 0 radical (unpaired) electrons. The van der Waals surface area contributed by atoms with E-state index in [2.05, 4.69) is 5.32 Å². The fraction of sp³-hybridized carbons (Fsp3) is 0.391. The minimum atomic E-state index is -4.09. The van der Waals surface area contributed by atoms with E-state index >= 15 is 0 Å². The molecule has 0 spiro atoms. The number of carboxylic acid groups (broad SMARTS) is 1. The number of fused-ring (bicyclic) bond motifs is 2. The summed E-state index contributed by atoms with van der Waals surface area (Å²) in [6.45, 7) is 0. The summed E-state index contributed by atoms with van der Waals surface area (Å²) in [5.74, 6) is -7.78. The maximum atomic E-state index is 13.5. The van der Waals surface area contributed by atoms with E-state index < -0.39 is 68.3 Å². The quantitative estimate of drug-likeness (QED) is 0.481. The third-order valence-electron chi connectivity index (χ3n) is 6.99. The van der Waals surface area contributed by atoms with E-state index in [4.69, 9.17) is 11.6 Å². The molecule has 2 aliphatic rings. The molecule has 2 saturated carbocycles. The SMILES string of the molecule is O=C(O)CC1(O)[C@@H]2CC[C@H]1CC(S(=O)(=O)c1cc(C(=O)Nc3cc(F)c(F)c(F)c3)ccc1Cl)C2. The molecule has 2 aliphatic carbocycles. The molecule has 3 N–H and O–H groups in total. The second kappa shape index (κ2) is 9.11. The Morgan fingerprint density at radius 2 is 1.63 bits per heavy atom. The highest BCUT2D eigenvalue weighted by Gasteiger charge is 2.56. The largest absolute Gasteiger partial charge is 0.481 e. The molecule has 4 rings (SSSR count). The number of benzene rings is 2. The number of hydrogen-bond donors (Lipinski definition) is 3. The van der Waals surface area contributed by atoms with Crippen LogP contribution in [0.4, 0.5) is 18.9 Å². The highest BCUT2D eigenvalue weighted by molar-refractivity contribution is 7.92. The first-order valence-electron chi connectivity index (χ1n) is 10.8. The minimum Gasteiger partial charge on any atom is -0.481 e. The average molecular weight is 532 g/mol. The molecule has 35 heavy (non-hydrogen) atoms. The summed E-state index contributed by atoms with van der Waals surface area (Å²) in [5, 5.41) is 21.2. The van der Waals surface area contributed by atoms with Crippen LogP contribution in [0.25, 0.3) is 0 Å². The lowest BCUT2D eigenvalue weighted by molar-refractivity contribution is -0.148. The first kappa shape index (κ1) is 25.5. The summed E-state index contributed by atoms with van der Waals surface area (Å²) in [4.78, 5) is 23.5. The van der Waals surface area contributed by atoms with Crippen LogP contribution in [-0.2, 0) is 14.6 Å². The number of aliphatic hydroxyl groups is 1. The van der Waals surface area contributed by atoms with Crippen LogP contribution in [0, 0.1) is 29.3 Å². The predicted molar refractivity (Wildman–Crippen MR) is 119 cm³/mol. The molecule has 0 saturated heterocycles. The van der Waals surface area contributed by atoms with Gasteiger partial charge in [0, 0.05) is 23.4 Å². The molecule has 0 aliphatic heterocycles. The zero-order chi connectivity index (χ0) is 25.7. The Kier molecular flexibility index (Phi) is 6.62. The standard InChI is InChI=1S/C23H21ClF3NO6S/c24-16-4-1-11(22(31)28-14-8-17(25)21(27)18(26)9-14)5-19(16)35(33,34)15-6-12-2-3-13(7-15)23(12,32)10-20(29)30/h1,4-5,8-9,12-13,15,32H,2-3,6-7,10H2,(H,28,31)(H,29,30)/t12-,13+,15?,23?. The van der Waals surface area contributed by atoms with Crippen LogP contribution in [0.3, 0.4) is 0 Å². The summed E-state index contributed by atoms with van der Waals surface area (Å²) in [6.07, 6.45) is 0.631. The summed E-state index contributed by atoms with van der Waals surface area (Å²) < 4.78 is 67.0. The van der Waals surface area contributed by atoms with E-state index in [1.807, 2.05) is 0 Å². The van der Waals surface area contributed by atoms with Gasteiger partial charge in [0.1, 0.15) is 0 Å². The highest BCUT2D eigenvalue weighted by atomic mass is 35.5. The first-order valence-corrected chi connectivity index (χ1v) is 12.7. The highest BCUT2D eigenvalue weighted by Crippen LogP contribution is 2.53. The number of rotatable bonds is 6. The van der Waals surface area contributed by atoms with Crippen molar-refractivity contribution >= 4 is 39.0 Å². The molecule has 2 unspecified atom stereocenters. The Bertz CT molecular complexity index is 1280. The van der Waals surface area contributed by atoms with Crippen LogP contribution in [0.15, 0.2) is 35.2 Å². The van der Waals surface area contributed by atoms with Crippen LogP contribution < -0.4 is 5.32 Å². The number of carbonyl (C=O) groups excluding carboxylic acids is 1. The van der Waals surface area contributed by atoms with Crippen molar-refractivity contribution in [3.05, 3.63) is 58.4 Å². The van der Waals surface area contributed by atoms with Gasteiger partial charge in [0.15, 0.2) is 27.3 Å². The van der Waals surface area contributed by atoms with Gasteiger partial charge in [-0.05, 0) is 55.7 Å². The van der Waals surface area contributed by atoms with E-state index in [9.17, 15) is 41.4 Å². The molecule has 1 amide bonds. The van der Waals surface area contributed by atoms with Gasteiger partial charge in [0.25, 0.3) is 5.91 Å². The van der Waals surface area contributed by atoms with Crippen molar-refractivity contribution in [1.29, 1.82) is 0 Å². The molecule has 2 aromatic carbocycles. The Hall–Kier alpha value is -2.63. The van der Waals surface area contributed by atoms with Crippen molar-refractivity contribution < 1.29 is 41.4 Å². The van der Waals surface area contributed by atoms with Gasteiger partial charge in [0.05, 0.1) is 27.2 Å². The van der Waals surface area contributed by atoms with Crippen LogP contribution >= 0.6 is 11.6 Å². The number of aliphatic carboxylic acids is 1. The maximum Gasteiger partial charge on any atom is 0.306 e. The molecule has 2 aromatic rings. The molecule has 188 valence electrons. The minimum absolute atomic E-state index is 0.0451. The topological polar surface area (TPSA) is 121 Å². The Morgan fingerprint density at radius 1 is 1.06 bits per heavy atom. The van der Waals surface area contributed by atoms with Crippen molar-refractivity contribution in [2.75, 3.05) is 5.32 Å². The Labute approximate surface area is 203 Å². The molecule has 4 atom stereocenters. The number of amides is 1. The van der Waals surface area contributed by atoms with Gasteiger partial charge >= 0.3 is 5.97 Å². The van der Waals surface area contributed by atoms with Crippen molar-refractivity contribution in [3.63, 3.8) is 0 Å². The molecular formula is C23H21ClF3NO6S. The van der Waals surface area contributed by atoms with E-state index in [-0.39, 0.29) is 34.0 Å². The normalized spacial score (nSPS) is 25.9. The Morgan fingerprint density at radius 3 is 2.17 bits per heavy atom. The van der Waals surface area contributed by atoms with E-state index in [0.717, 1.165) is 6.07 Å². The molecule has 0 heterocycles. The number of hydrogen-bond acceptors (Lipinski definition) is 5. The van der Waals surface area contributed by atoms with Crippen LogP contribution in [0.5, 0.6) is 0 Å². The lowest BCUT2D eigenvalue weighted by atomic mass is 9.72. The number of nitrogens with one attached hydrogen (secondary N) is 1.